The van der Waals surface area contributed by atoms with Crippen molar-refractivity contribution in [1.29, 1.82) is 0 Å². The van der Waals surface area contributed by atoms with Crippen LogP contribution in [0.15, 0.2) is 24.3 Å². The van der Waals surface area contributed by atoms with Crippen molar-refractivity contribution in [2.45, 2.75) is 71.0 Å². The summed E-state index contributed by atoms with van der Waals surface area (Å²) in [7, 11) is 0. The molecule has 0 heterocycles. The van der Waals surface area contributed by atoms with Crippen LogP contribution in [0.2, 0.25) is 0 Å². The van der Waals surface area contributed by atoms with E-state index in [1.807, 2.05) is 26.0 Å². The van der Waals surface area contributed by atoms with Gasteiger partial charge in [-0.2, -0.15) is 0 Å². The standard InChI is InChI=1S/C17H28O2/c1-4-8-16(18)15-10-7-9-14(13-15)11-12-17(19,5-2)6-3/h7,9-10,13,16,18-19H,4-6,8,11-12H2,1-3H3. The number of aryl methyl sites for hydroxylation is 1. The Hall–Kier alpha value is -0.860. The largest absolute Gasteiger partial charge is 0.390 e. The SMILES string of the molecule is CCCC(O)c1cccc(CCC(O)(CC)CC)c1. The van der Waals surface area contributed by atoms with Crippen LogP contribution in [0.1, 0.15) is 70.1 Å². The monoisotopic (exact) mass is 264 g/mol. The lowest BCUT2D eigenvalue weighted by Gasteiger charge is -2.25. The predicted molar refractivity (Wildman–Crippen MR) is 80.2 cm³/mol. The third-order valence-electron chi connectivity index (χ3n) is 4.09. The van der Waals surface area contributed by atoms with Crippen LogP contribution in [0.25, 0.3) is 0 Å². The average Bonchev–Trinajstić information content (AvgIpc) is 2.45. The number of benzene rings is 1. The Morgan fingerprint density at radius 2 is 1.84 bits per heavy atom. The highest BCUT2D eigenvalue weighted by Gasteiger charge is 2.21. The number of hydrogen-bond donors (Lipinski definition) is 2. The van der Waals surface area contributed by atoms with Crippen LogP contribution in [0, 0.1) is 0 Å². The molecule has 1 unspecified atom stereocenters. The predicted octanol–water partition coefficient (Wildman–Crippen LogP) is 4.00. The summed E-state index contributed by atoms with van der Waals surface area (Å²) in [5.41, 5.74) is 1.65. The molecular formula is C17H28O2. The zero-order chi connectivity index (χ0) is 14.3. The van der Waals surface area contributed by atoms with E-state index in [0.29, 0.717) is 0 Å². The van der Waals surface area contributed by atoms with E-state index in [0.717, 1.165) is 44.1 Å². The average molecular weight is 264 g/mol. The van der Waals surface area contributed by atoms with Crippen LogP contribution in [0.3, 0.4) is 0 Å². The van der Waals surface area contributed by atoms with E-state index in [-0.39, 0.29) is 6.10 Å². The maximum absolute atomic E-state index is 10.3. The van der Waals surface area contributed by atoms with Crippen molar-refractivity contribution < 1.29 is 10.2 Å². The first-order valence-corrected chi connectivity index (χ1v) is 7.54. The van der Waals surface area contributed by atoms with Crippen LogP contribution in [-0.2, 0) is 6.42 Å². The summed E-state index contributed by atoms with van der Waals surface area (Å²) in [4.78, 5) is 0. The van der Waals surface area contributed by atoms with Gasteiger partial charge < -0.3 is 10.2 Å². The Kier molecular flexibility index (Phi) is 6.53. The van der Waals surface area contributed by atoms with E-state index in [1.54, 1.807) is 0 Å². The smallest absolute Gasteiger partial charge is 0.0790 e. The minimum atomic E-state index is -0.544. The van der Waals surface area contributed by atoms with Gasteiger partial charge in [0.15, 0.2) is 0 Å². The molecule has 1 aromatic rings. The third kappa shape index (κ3) is 4.96. The number of aliphatic hydroxyl groups is 2. The van der Waals surface area contributed by atoms with Crippen molar-refractivity contribution >= 4 is 0 Å². The number of hydrogen-bond acceptors (Lipinski definition) is 2. The highest BCUT2D eigenvalue weighted by molar-refractivity contribution is 5.25. The summed E-state index contributed by atoms with van der Waals surface area (Å²) in [6.45, 7) is 6.14. The summed E-state index contributed by atoms with van der Waals surface area (Å²) in [5.74, 6) is 0. The summed E-state index contributed by atoms with van der Waals surface area (Å²) >= 11 is 0. The second-order valence-corrected chi connectivity index (χ2v) is 5.48. The van der Waals surface area contributed by atoms with Crippen LogP contribution < -0.4 is 0 Å². The fraction of sp³-hybridized carbons (Fsp3) is 0.647. The minimum absolute atomic E-state index is 0.360. The van der Waals surface area contributed by atoms with Gasteiger partial charge in [-0.15, -0.1) is 0 Å². The fourth-order valence-electron chi connectivity index (χ4n) is 2.38. The molecule has 19 heavy (non-hydrogen) atoms. The summed E-state index contributed by atoms with van der Waals surface area (Å²) in [6, 6.07) is 8.14. The quantitative estimate of drug-likeness (QED) is 0.745. The lowest BCUT2D eigenvalue weighted by molar-refractivity contribution is 0.0239. The molecule has 2 N–H and O–H groups in total. The number of rotatable bonds is 8. The molecule has 1 atom stereocenters. The Morgan fingerprint density at radius 1 is 1.16 bits per heavy atom. The first-order chi connectivity index (χ1) is 9.04. The van der Waals surface area contributed by atoms with Crippen molar-refractivity contribution in [2.24, 2.45) is 0 Å². The fourth-order valence-corrected chi connectivity index (χ4v) is 2.38. The molecule has 0 radical (unpaired) electrons. The Balaban J connectivity index is 2.67. The molecule has 1 rings (SSSR count). The molecule has 108 valence electrons. The van der Waals surface area contributed by atoms with E-state index in [2.05, 4.69) is 19.1 Å². The van der Waals surface area contributed by atoms with Crippen LogP contribution in [-0.4, -0.2) is 15.8 Å². The van der Waals surface area contributed by atoms with Crippen LogP contribution in [0.4, 0.5) is 0 Å². The van der Waals surface area contributed by atoms with Crippen molar-refractivity contribution in [3.63, 3.8) is 0 Å². The maximum atomic E-state index is 10.3. The molecule has 1 aromatic carbocycles. The van der Waals surface area contributed by atoms with Gasteiger partial charge in [0.25, 0.3) is 0 Å². The first-order valence-electron chi connectivity index (χ1n) is 7.54. The van der Waals surface area contributed by atoms with Gasteiger partial charge in [0, 0.05) is 0 Å². The molecule has 0 aliphatic rings. The lowest BCUT2D eigenvalue weighted by atomic mass is 9.89. The molecule has 0 bridgehead atoms. The molecule has 0 spiro atoms. The molecule has 2 heteroatoms. The van der Waals surface area contributed by atoms with Gasteiger partial charge in [0.2, 0.25) is 0 Å². The van der Waals surface area contributed by atoms with Crippen LogP contribution >= 0.6 is 0 Å². The molecule has 0 aromatic heterocycles. The maximum Gasteiger partial charge on any atom is 0.0790 e. The minimum Gasteiger partial charge on any atom is -0.390 e. The zero-order valence-corrected chi connectivity index (χ0v) is 12.5. The first kappa shape index (κ1) is 16.2. The van der Waals surface area contributed by atoms with Gasteiger partial charge in [-0.1, -0.05) is 51.5 Å². The Labute approximate surface area is 117 Å². The van der Waals surface area contributed by atoms with Gasteiger partial charge in [-0.25, -0.2) is 0 Å². The van der Waals surface area contributed by atoms with Crippen molar-refractivity contribution in [1.82, 2.24) is 0 Å². The van der Waals surface area contributed by atoms with Gasteiger partial charge in [0.1, 0.15) is 0 Å². The zero-order valence-electron chi connectivity index (χ0n) is 12.5. The van der Waals surface area contributed by atoms with Crippen molar-refractivity contribution in [3.8, 4) is 0 Å². The summed E-state index contributed by atoms with van der Waals surface area (Å²) in [5, 5.41) is 20.3. The molecule has 0 amide bonds. The highest BCUT2D eigenvalue weighted by Crippen LogP contribution is 2.24. The second-order valence-electron chi connectivity index (χ2n) is 5.48. The number of aliphatic hydroxyl groups excluding tert-OH is 1. The van der Waals surface area contributed by atoms with Crippen molar-refractivity contribution in [2.75, 3.05) is 0 Å². The third-order valence-corrected chi connectivity index (χ3v) is 4.09. The lowest BCUT2D eigenvalue weighted by Crippen LogP contribution is -2.27. The van der Waals surface area contributed by atoms with Gasteiger partial charge >= 0.3 is 0 Å². The van der Waals surface area contributed by atoms with Gasteiger partial charge in [0.05, 0.1) is 11.7 Å². The molecule has 0 saturated heterocycles. The Bertz CT molecular complexity index is 369. The second kappa shape index (κ2) is 7.66. The molecule has 0 saturated carbocycles. The molecule has 0 aliphatic carbocycles. The van der Waals surface area contributed by atoms with E-state index in [1.165, 1.54) is 5.56 Å². The van der Waals surface area contributed by atoms with E-state index in [4.69, 9.17) is 0 Å². The van der Waals surface area contributed by atoms with E-state index in [9.17, 15) is 10.2 Å². The summed E-state index contributed by atoms with van der Waals surface area (Å²) in [6.07, 6.45) is 4.66. The molecule has 2 nitrogen and oxygen atoms in total. The molecular weight excluding hydrogens is 236 g/mol. The van der Waals surface area contributed by atoms with Crippen LogP contribution in [0.5, 0.6) is 0 Å². The van der Waals surface area contributed by atoms with Gasteiger partial charge in [-0.05, 0) is 43.2 Å². The van der Waals surface area contributed by atoms with Gasteiger partial charge in [-0.3, -0.25) is 0 Å². The molecule has 0 fully saturated rings. The topological polar surface area (TPSA) is 40.5 Å². The normalized spacial score (nSPS) is 13.5. The Morgan fingerprint density at radius 3 is 2.42 bits per heavy atom. The van der Waals surface area contributed by atoms with E-state index >= 15 is 0 Å². The molecule has 0 aliphatic heterocycles. The summed E-state index contributed by atoms with van der Waals surface area (Å²) < 4.78 is 0. The van der Waals surface area contributed by atoms with E-state index < -0.39 is 5.60 Å². The highest BCUT2D eigenvalue weighted by atomic mass is 16.3. The van der Waals surface area contributed by atoms with Crippen molar-refractivity contribution in [3.05, 3.63) is 35.4 Å².